The standard InChI is InChI=1S/C15H19N5O2/c1-2-6-20-7-3-12(18-20)15(21)19-8-9-22-14(11-19)13-10-16-4-5-17-13/h3-5,7,10,14H,2,6,8-9,11H2,1H3. The summed E-state index contributed by atoms with van der Waals surface area (Å²) in [5, 5.41) is 4.33. The van der Waals surface area contributed by atoms with Crippen molar-refractivity contribution in [3.05, 3.63) is 42.2 Å². The lowest BCUT2D eigenvalue weighted by atomic mass is 10.2. The Morgan fingerprint density at radius 1 is 1.45 bits per heavy atom. The van der Waals surface area contributed by atoms with Crippen LogP contribution in [0.25, 0.3) is 0 Å². The average molecular weight is 301 g/mol. The first-order valence-corrected chi connectivity index (χ1v) is 7.48. The summed E-state index contributed by atoms with van der Waals surface area (Å²) in [5.74, 6) is -0.0629. The summed E-state index contributed by atoms with van der Waals surface area (Å²) in [6, 6.07) is 1.77. The molecule has 7 nitrogen and oxygen atoms in total. The number of nitrogens with zero attached hydrogens (tertiary/aromatic N) is 5. The number of carbonyl (C=O) groups is 1. The Morgan fingerprint density at radius 3 is 3.14 bits per heavy atom. The lowest BCUT2D eigenvalue weighted by Gasteiger charge is -2.32. The van der Waals surface area contributed by atoms with Gasteiger partial charge in [-0.15, -0.1) is 0 Å². The smallest absolute Gasteiger partial charge is 0.274 e. The van der Waals surface area contributed by atoms with Crippen molar-refractivity contribution in [1.29, 1.82) is 0 Å². The molecule has 0 N–H and O–H groups in total. The van der Waals surface area contributed by atoms with E-state index in [0.717, 1.165) is 18.7 Å². The van der Waals surface area contributed by atoms with Crippen LogP contribution in [-0.2, 0) is 11.3 Å². The Labute approximate surface area is 128 Å². The van der Waals surface area contributed by atoms with Crippen LogP contribution in [0, 0.1) is 0 Å². The summed E-state index contributed by atoms with van der Waals surface area (Å²) >= 11 is 0. The highest BCUT2D eigenvalue weighted by atomic mass is 16.5. The lowest BCUT2D eigenvalue weighted by Crippen LogP contribution is -2.42. The van der Waals surface area contributed by atoms with E-state index in [1.165, 1.54) is 0 Å². The second-order valence-electron chi connectivity index (χ2n) is 5.20. The average Bonchev–Trinajstić information content (AvgIpc) is 3.04. The van der Waals surface area contributed by atoms with E-state index in [1.807, 2.05) is 6.20 Å². The van der Waals surface area contributed by atoms with Crippen molar-refractivity contribution in [2.75, 3.05) is 19.7 Å². The number of aromatic nitrogens is 4. The molecule has 2 aromatic rings. The van der Waals surface area contributed by atoms with E-state index in [2.05, 4.69) is 22.0 Å². The molecule has 1 saturated heterocycles. The molecule has 0 aromatic carbocycles. The maximum absolute atomic E-state index is 12.6. The van der Waals surface area contributed by atoms with E-state index in [-0.39, 0.29) is 12.0 Å². The monoisotopic (exact) mass is 301 g/mol. The Balaban J connectivity index is 1.69. The first kappa shape index (κ1) is 14.6. The molecule has 1 fully saturated rings. The van der Waals surface area contributed by atoms with Crippen molar-refractivity contribution in [1.82, 2.24) is 24.6 Å². The summed E-state index contributed by atoms with van der Waals surface area (Å²) < 4.78 is 7.50. The molecular formula is C15H19N5O2. The number of hydrogen-bond donors (Lipinski definition) is 0. The van der Waals surface area contributed by atoms with Crippen LogP contribution < -0.4 is 0 Å². The summed E-state index contributed by atoms with van der Waals surface area (Å²) in [4.78, 5) is 22.6. The quantitative estimate of drug-likeness (QED) is 0.851. The Hall–Kier alpha value is -2.28. The minimum Gasteiger partial charge on any atom is -0.368 e. The first-order chi connectivity index (χ1) is 10.8. The SMILES string of the molecule is CCCn1ccc(C(=O)N2CCOC(c3cnccn3)C2)n1. The fourth-order valence-corrected chi connectivity index (χ4v) is 2.48. The molecule has 0 radical (unpaired) electrons. The highest BCUT2D eigenvalue weighted by Gasteiger charge is 2.28. The van der Waals surface area contributed by atoms with Gasteiger partial charge in [-0.2, -0.15) is 5.10 Å². The van der Waals surface area contributed by atoms with Crippen molar-refractivity contribution in [2.24, 2.45) is 0 Å². The third-order valence-electron chi connectivity index (χ3n) is 3.58. The second kappa shape index (κ2) is 6.65. The third kappa shape index (κ3) is 3.14. The molecule has 0 spiro atoms. The van der Waals surface area contributed by atoms with Crippen molar-refractivity contribution in [3.63, 3.8) is 0 Å². The molecule has 3 rings (SSSR count). The molecule has 2 aromatic heterocycles. The van der Waals surface area contributed by atoms with E-state index >= 15 is 0 Å². The van der Waals surface area contributed by atoms with Gasteiger partial charge in [0.2, 0.25) is 0 Å². The van der Waals surface area contributed by atoms with Gasteiger partial charge in [-0.25, -0.2) is 0 Å². The van der Waals surface area contributed by atoms with Gasteiger partial charge in [-0.3, -0.25) is 19.4 Å². The fourth-order valence-electron chi connectivity index (χ4n) is 2.48. The van der Waals surface area contributed by atoms with Crippen molar-refractivity contribution >= 4 is 5.91 Å². The Kier molecular flexibility index (Phi) is 4.43. The van der Waals surface area contributed by atoms with Crippen LogP contribution in [0.1, 0.15) is 35.6 Å². The number of aryl methyl sites for hydroxylation is 1. The highest BCUT2D eigenvalue weighted by Crippen LogP contribution is 2.20. The number of rotatable bonds is 4. The molecule has 1 atom stereocenters. The molecule has 7 heteroatoms. The van der Waals surface area contributed by atoms with Gasteiger partial charge in [0, 0.05) is 31.7 Å². The predicted molar refractivity (Wildman–Crippen MR) is 79.1 cm³/mol. The molecule has 116 valence electrons. The number of morpholine rings is 1. The summed E-state index contributed by atoms with van der Waals surface area (Å²) in [7, 11) is 0. The first-order valence-electron chi connectivity index (χ1n) is 7.48. The normalized spacial score (nSPS) is 18.4. The van der Waals surface area contributed by atoms with E-state index in [4.69, 9.17) is 4.74 Å². The zero-order chi connectivity index (χ0) is 15.4. The van der Waals surface area contributed by atoms with Gasteiger partial charge in [0.25, 0.3) is 5.91 Å². The van der Waals surface area contributed by atoms with Gasteiger partial charge in [0.15, 0.2) is 0 Å². The van der Waals surface area contributed by atoms with Crippen molar-refractivity contribution in [3.8, 4) is 0 Å². The molecular weight excluding hydrogens is 282 g/mol. The summed E-state index contributed by atoms with van der Waals surface area (Å²) in [6.45, 7) is 4.42. The highest BCUT2D eigenvalue weighted by molar-refractivity contribution is 5.92. The summed E-state index contributed by atoms with van der Waals surface area (Å²) in [6.07, 6.45) is 7.53. The minimum atomic E-state index is -0.232. The van der Waals surface area contributed by atoms with Crippen molar-refractivity contribution < 1.29 is 9.53 Å². The zero-order valence-electron chi connectivity index (χ0n) is 12.6. The molecule has 1 unspecified atom stereocenters. The van der Waals surface area contributed by atoms with Crippen LogP contribution in [0.2, 0.25) is 0 Å². The summed E-state index contributed by atoms with van der Waals surface area (Å²) in [5.41, 5.74) is 1.23. The molecule has 0 saturated carbocycles. The zero-order valence-corrected chi connectivity index (χ0v) is 12.6. The second-order valence-corrected chi connectivity index (χ2v) is 5.20. The van der Waals surface area contributed by atoms with Gasteiger partial charge >= 0.3 is 0 Å². The molecule has 1 aliphatic rings. The minimum absolute atomic E-state index is 0.0629. The van der Waals surface area contributed by atoms with E-state index in [0.29, 0.717) is 25.4 Å². The maximum atomic E-state index is 12.6. The topological polar surface area (TPSA) is 73.1 Å². The van der Waals surface area contributed by atoms with Crippen LogP contribution >= 0.6 is 0 Å². The van der Waals surface area contributed by atoms with Crippen LogP contribution in [-0.4, -0.2) is 50.3 Å². The van der Waals surface area contributed by atoms with E-state index in [9.17, 15) is 4.79 Å². The number of hydrogen-bond acceptors (Lipinski definition) is 5. The van der Waals surface area contributed by atoms with Crippen molar-refractivity contribution in [2.45, 2.75) is 26.0 Å². The molecule has 3 heterocycles. The molecule has 1 amide bonds. The predicted octanol–water partition coefficient (Wildman–Crippen LogP) is 1.30. The third-order valence-corrected chi connectivity index (χ3v) is 3.58. The van der Waals surface area contributed by atoms with Crippen LogP contribution in [0.4, 0.5) is 0 Å². The molecule has 22 heavy (non-hydrogen) atoms. The van der Waals surface area contributed by atoms with E-state index in [1.54, 1.807) is 34.2 Å². The van der Waals surface area contributed by atoms with Gasteiger partial charge in [-0.05, 0) is 12.5 Å². The molecule has 0 aliphatic carbocycles. The van der Waals surface area contributed by atoms with E-state index < -0.39 is 0 Å². The number of carbonyl (C=O) groups excluding carboxylic acids is 1. The molecule has 0 bridgehead atoms. The van der Waals surface area contributed by atoms with Gasteiger partial charge in [-0.1, -0.05) is 6.92 Å². The van der Waals surface area contributed by atoms with Gasteiger partial charge in [0.1, 0.15) is 11.8 Å². The van der Waals surface area contributed by atoms with Crippen LogP contribution in [0.3, 0.4) is 0 Å². The fraction of sp³-hybridized carbons (Fsp3) is 0.467. The molecule has 1 aliphatic heterocycles. The maximum Gasteiger partial charge on any atom is 0.274 e. The van der Waals surface area contributed by atoms with Gasteiger partial charge < -0.3 is 9.64 Å². The lowest BCUT2D eigenvalue weighted by molar-refractivity contribution is -0.0251. The number of ether oxygens (including phenoxy) is 1. The van der Waals surface area contributed by atoms with Crippen LogP contribution in [0.15, 0.2) is 30.9 Å². The largest absolute Gasteiger partial charge is 0.368 e. The number of amides is 1. The van der Waals surface area contributed by atoms with Crippen LogP contribution in [0.5, 0.6) is 0 Å². The Morgan fingerprint density at radius 2 is 2.36 bits per heavy atom. The Bertz CT molecular complexity index is 628. The van der Waals surface area contributed by atoms with Gasteiger partial charge in [0.05, 0.1) is 25.0 Å².